The van der Waals surface area contributed by atoms with Crippen LogP contribution in [-0.4, -0.2) is 59.3 Å². The zero-order valence-corrected chi connectivity index (χ0v) is 23.9. The van der Waals surface area contributed by atoms with Gasteiger partial charge in [-0.05, 0) is 48.2 Å². The molecule has 1 aliphatic carbocycles. The predicted octanol–water partition coefficient (Wildman–Crippen LogP) is 4.84. The molecule has 0 spiro atoms. The molecule has 2 fully saturated rings. The standard InChI is InChI=1S/C34H30FN3O6/c35-27-16-25-28(38(23-8-9-23)18-26(32(25)39)33(40)41)17-29(27)36-12-14-37(15-13-36)30-20-44-34(42)31(30)22-6-10-24(11-7-22)43-19-21-4-2-1-3-5-21/h1-7,10-11,16-18,23H,8-9,12-15,19-20H2,(H,40,41). The number of carbonyl (C=O) groups excluding carboxylic acids is 1. The third-order valence-electron chi connectivity index (χ3n) is 8.50. The lowest BCUT2D eigenvalue weighted by Crippen LogP contribution is -2.46. The third-order valence-corrected chi connectivity index (χ3v) is 8.50. The van der Waals surface area contributed by atoms with Crippen molar-refractivity contribution >= 4 is 34.1 Å². The second-order valence-corrected chi connectivity index (χ2v) is 11.3. The van der Waals surface area contributed by atoms with Gasteiger partial charge < -0.3 is 28.9 Å². The number of carboxylic acid groups (broad SMARTS) is 1. The van der Waals surface area contributed by atoms with Gasteiger partial charge in [-0.25, -0.2) is 14.0 Å². The van der Waals surface area contributed by atoms with Crippen LogP contribution in [-0.2, 0) is 16.1 Å². The molecule has 1 N–H and O–H groups in total. The number of pyridine rings is 1. The molecule has 224 valence electrons. The summed E-state index contributed by atoms with van der Waals surface area (Å²) in [5.41, 5.74) is 3.01. The van der Waals surface area contributed by atoms with Crippen LogP contribution in [0.1, 0.15) is 40.4 Å². The highest BCUT2D eigenvalue weighted by molar-refractivity contribution is 6.19. The number of ether oxygens (including phenoxy) is 2. The lowest BCUT2D eigenvalue weighted by molar-refractivity contribution is -0.134. The van der Waals surface area contributed by atoms with Crippen molar-refractivity contribution in [1.29, 1.82) is 0 Å². The van der Waals surface area contributed by atoms with Gasteiger partial charge in [0.2, 0.25) is 5.43 Å². The number of fused-ring (bicyclic) bond motifs is 1. The highest BCUT2D eigenvalue weighted by atomic mass is 19.1. The largest absolute Gasteiger partial charge is 0.489 e. The summed E-state index contributed by atoms with van der Waals surface area (Å²) in [4.78, 5) is 41.3. The zero-order chi connectivity index (χ0) is 30.4. The molecule has 7 rings (SSSR count). The molecule has 4 aromatic rings. The van der Waals surface area contributed by atoms with Crippen LogP contribution in [0.25, 0.3) is 16.5 Å². The molecule has 0 unspecified atom stereocenters. The quantitative estimate of drug-likeness (QED) is 0.289. The van der Waals surface area contributed by atoms with Crippen LogP contribution >= 0.6 is 0 Å². The highest BCUT2D eigenvalue weighted by Crippen LogP contribution is 2.38. The summed E-state index contributed by atoms with van der Waals surface area (Å²) >= 11 is 0. The first kappa shape index (κ1) is 27.7. The lowest BCUT2D eigenvalue weighted by Gasteiger charge is -2.38. The summed E-state index contributed by atoms with van der Waals surface area (Å²) in [5.74, 6) is -1.56. The number of piperazine rings is 1. The van der Waals surface area contributed by atoms with Gasteiger partial charge in [-0.15, -0.1) is 0 Å². The second kappa shape index (κ2) is 11.2. The van der Waals surface area contributed by atoms with E-state index in [2.05, 4.69) is 4.90 Å². The number of benzene rings is 3. The molecule has 10 heteroatoms. The minimum Gasteiger partial charge on any atom is -0.489 e. The monoisotopic (exact) mass is 595 g/mol. The molecule has 1 aromatic heterocycles. The Hall–Kier alpha value is -5.12. The Morgan fingerprint density at radius 1 is 0.955 bits per heavy atom. The molecule has 3 aromatic carbocycles. The Bertz CT molecular complexity index is 1860. The number of nitrogens with zero attached hydrogens (tertiary/aromatic N) is 3. The van der Waals surface area contributed by atoms with Crippen molar-refractivity contribution in [3.63, 3.8) is 0 Å². The topological polar surface area (TPSA) is 101 Å². The number of hydrogen-bond acceptors (Lipinski definition) is 7. The van der Waals surface area contributed by atoms with E-state index >= 15 is 4.39 Å². The van der Waals surface area contributed by atoms with E-state index in [0.29, 0.717) is 55.3 Å². The normalized spacial score (nSPS) is 16.9. The van der Waals surface area contributed by atoms with Crippen molar-refractivity contribution in [1.82, 2.24) is 9.47 Å². The molecule has 3 heterocycles. The third kappa shape index (κ3) is 5.16. The minimum absolute atomic E-state index is 0.0737. The van der Waals surface area contributed by atoms with Crippen molar-refractivity contribution in [3.8, 4) is 5.75 Å². The fourth-order valence-electron chi connectivity index (χ4n) is 6.01. The van der Waals surface area contributed by atoms with E-state index < -0.39 is 17.2 Å². The van der Waals surface area contributed by atoms with Gasteiger partial charge in [0, 0.05) is 43.8 Å². The molecule has 1 saturated heterocycles. The van der Waals surface area contributed by atoms with E-state index in [0.717, 1.165) is 29.7 Å². The molecule has 3 aliphatic rings. The van der Waals surface area contributed by atoms with Gasteiger partial charge in [0.1, 0.15) is 30.3 Å². The molecule has 0 radical (unpaired) electrons. The molecule has 44 heavy (non-hydrogen) atoms. The Morgan fingerprint density at radius 2 is 1.66 bits per heavy atom. The number of aromatic nitrogens is 1. The SMILES string of the molecule is O=C1OCC(N2CCN(c3cc4c(cc3F)c(=O)c(C(=O)O)cn4C3CC3)CC2)=C1c1ccc(OCc2ccccc2)cc1. The van der Waals surface area contributed by atoms with Gasteiger partial charge in [0.15, 0.2) is 0 Å². The van der Waals surface area contributed by atoms with Gasteiger partial charge in [-0.1, -0.05) is 42.5 Å². The van der Waals surface area contributed by atoms with E-state index in [-0.39, 0.29) is 29.6 Å². The summed E-state index contributed by atoms with van der Waals surface area (Å²) in [6, 6.07) is 20.2. The summed E-state index contributed by atoms with van der Waals surface area (Å²) in [6.07, 6.45) is 3.14. The summed E-state index contributed by atoms with van der Waals surface area (Å²) in [6.45, 7) is 2.67. The highest BCUT2D eigenvalue weighted by Gasteiger charge is 2.33. The smallest absolute Gasteiger partial charge is 0.341 e. The molecule has 1 saturated carbocycles. The average molecular weight is 596 g/mol. The summed E-state index contributed by atoms with van der Waals surface area (Å²) in [5, 5.41) is 9.59. The summed E-state index contributed by atoms with van der Waals surface area (Å²) < 4.78 is 28.6. The van der Waals surface area contributed by atoms with Gasteiger partial charge in [-0.3, -0.25) is 4.79 Å². The number of rotatable bonds is 8. The van der Waals surface area contributed by atoms with Crippen LogP contribution in [0.4, 0.5) is 10.1 Å². The van der Waals surface area contributed by atoms with Crippen molar-refractivity contribution in [2.45, 2.75) is 25.5 Å². The first-order chi connectivity index (χ1) is 21.4. The van der Waals surface area contributed by atoms with Crippen LogP contribution in [0.3, 0.4) is 0 Å². The van der Waals surface area contributed by atoms with Gasteiger partial charge in [0.25, 0.3) is 0 Å². The maximum Gasteiger partial charge on any atom is 0.341 e. The molecule has 2 aliphatic heterocycles. The van der Waals surface area contributed by atoms with Crippen LogP contribution in [0, 0.1) is 5.82 Å². The Labute approximate surface area is 252 Å². The number of carboxylic acids is 1. The maximum atomic E-state index is 15.4. The molecular formula is C34H30FN3O6. The van der Waals surface area contributed by atoms with E-state index in [9.17, 15) is 19.5 Å². The van der Waals surface area contributed by atoms with Gasteiger partial charge in [0.05, 0.1) is 22.5 Å². The van der Waals surface area contributed by atoms with E-state index in [1.807, 2.05) is 59.5 Å². The zero-order valence-electron chi connectivity index (χ0n) is 23.9. The van der Waals surface area contributed by atoms with E-state index in [4.69, 9.17) is 9.47 Å². The summed E-state index contributed by atoms with van der Waals surface area (Å²) in [7, 11) is 0. The predicted molar refractivity (Wildman–Crippen MR) is 162 cm³/mol. The van der Waals surface area contributed by atoms with Crippen molar-refractivity contribution in [3.05, 3.63) is 111 Å². The number of hydrogen-bond donors (Lipinski definition) is 1. The molecular weight excluding hydrogens is 565 g/mol. The second-order valence-electron chi connectivity index (χ2n) is 11.3. The van der Waals surface area contributed by atoms with Crippen molar-refractivity contribution in [2.75, 3.05) is 37.7 Å². The first-order valence-electron chi connectivity index (χ1n) is 14.7. The van der Waals surface area contributed by atoms with E-state index in [1.165, 1.54) is 12.3 Å². The molecule has 0 amide bonds. The number of anilines is 1. The number of cyclic esters (lactones) is 1. The Balaban J connectivity index is 1.10. The maximum absolute atomic E-state index is 15.4. The van der Waals surface area contributed by atoms with Crippen LogP contribution in [0.15, 0.2) is 83.4 Å². The Morgan fingerprint density at radius 3 is 2.34 bits per heavy atom. The number of halogens is 1. The first-order valence-corrected chi connectivity index (χ1v) is 14.7. The lowest BCUT2D eigenvalue weighted by atomic mass is 10.0. The van der Waals surface area contributed by atoms with Crippen LogP contribution in [0.2, 0.25) is 0 Å². The van der Waals surface area contributed by atoms with Crippen LogP contribution in [0.5, 0.6) is 5.75 Å². The van der Waals surface area contributed by atoms with Gasteiger partial charge in [-0.2, -0.15) is 0 Å². The fraction of sp³-hybridized carbons (Fsp3) is 0.265. The van der Waals surface area contributed by atoms with Crippen LogP contribution < -0.4 is 15.1 Å². The number of esters is 1. The average Bonchev–Trinajstić information content (AvgIpc) is 3.81. The number of carbonyl (C=O) groups is 2. The van der Waals surface area contributed by atoms with E-state index in [1.54, 1.807) is 10.6 Å². The molecule has 9 nitrogen and oxygen atoms in total. The van der Waals surface area contributed by atoms with Crippen molar-refractivity contribution < 1.29 is 28.6 Å². The van der Waals surface area contributed by atoms with Gasteiger partial charge >= 0.3 is 11.9 Å². The Kier molecular flexibility index (Phi) is 7.04. The molecule has 0 atom stereocenters. The fourth-order valence-corrected chi connectivity index (χ4v) is 6.01. The van der Waals surface area contributed by atoms with Crippen molar-refractivity contribution in [2.24, 2.45) is 0 Å². The number of aromatic carboxylic acids is 1. The molecule has 0 bridgehead atoms. The minimum atomic E-state index is -1.32.